The standard InChI is InChI=1S/C21H17ClS/c22-17-12-10-16(11-13-17)21-14-19(15-6-2-1-3-7-15)18-8-4-5-9-20(18)23-21/h1-13,19,21H,14H2/t19-,21+/m1/s1. The second kappa shape index (κ2) is 6.43. The molecule has 1 aliphatic heterocycles. The van der Waals surface area contributed by atoms with E-state index in [-0.39, 0.29) is 0 Å². The van der Waals surface area contributed by atoms with Gasteiger partial charge in [-0.3, -0.25) is 0 Å². The van der Waals surface area contributed by atoms with Gasteiger partial charge in [-0.25, -0.2) is 0 Å². The van der Waals surface area contributed by atoms with Crippen LogP contribution < -0.4 is 0 Å². The molecule has 1 heterocycles. The molecule has 0 saturated carbocycles. The fourth-order valence-corrected chi connectivity index (χ4v) is 4.82. The molecule has 0 amide bonds. The highest BCUT2D eigenvalue weighted by atomic mass is 35.5. The summed E-state index contributed by atoms with van der Waals surface area (Å²) in [5, 5.41) is 1.27. The molecule has 2 heteroatoms. The van der Waals surface area contributed by atoms with Crippen LogP contribution in [-0.2, 0) is 0 Å². The van der Waals surface area contributed by atoms with Gasteiger partial charge in [0.25, 0.3) is 0 Å². The highest BCUT2D eigenvalue weighted by molar-refractivity contribution is 7.99. The number of hydrogen-bond donors (Lipinski definition) is 0. The van der Waals surface area contributed by atoms with Crippen LogP contribution in [-0.4, -0.2) is 0 Å². The summed E-state index contributed by atoms with van der Waals surface area (Å²) >= 11 is 8.02. The van der Waals surface area contributed by atoms with Crippen molar-refractivity contribution >= 4 is 23.4 Å². The Morgan fingerprint density at radius 3 is 2.22 bits per heavy atom. The third-order valence-corrected chi connectivity index (χ3v) is 6.08. The van der Waals surface area contributed by atoms with Gasteiger partial charge in [-0.15, -0.1) is 11.8 Å². The predicted molar refractivity (Wildman–Crippen MR) is 99.4 cm³/mol. The van der Waals surface area contributed by atoms with Crippen LogP contribution in [0.4, 0.5) is 0 Å². The zero-order chi connectivity index (χ0) is 15.6. The van der Waals surface area contributed by atoms with Crippen molar-refractivity contribution in [2.75, 3.05) is 0 Å². The highest BCUT2D eigenvalue weighted by Gasteiger charge is 2.29. The number of fused-ring (bicyclic) bond motifs is 1. The zero-order valence-electron chi connectivity index (χ0n) is 12.7. The van der Waals surface area contributed by atoms with Crippen LogP contribution >= 0.6 is 23.4 Å². The molecular weight excluding hydrogens is 320 g/mol. The lowest BCUT2D eigenvalue weighted by atomic mass is 9.85. The smallest absolute Gasteiger partial charge is 0.0406 e. The van der Waals surface area contributed by atoms with E-state index in [1.54, 1.807) is 0 Å². The summed E-state index contributed by atoms with van der Waals surface area (Å²) in [6.45, 7) is 0. The maximum Gasteiger partial charge on any atom is 0.0406 e. The van der Waals surface area contributed by atoms with Gasteiger partial charge in [0.15, 0.2) is 0 Å². The SMILES string of the molecule is Clc1ccc([C@@H]2C[C@H](c3ccccc3)c3ccccc3S2)cc1. The lowest BCUT2D eigenvalue weighted by molar-refractivity contribution is 0.677. The first-order valence-corrected chi connectivity index (χ1v) is 9.13. The second-order valence-electron chi connectivity index (χ2n) is 5.89. The maximum atomic E-state index is 6.05. The molecule has 3 aromatic carbocycles. The Labute approximate surface area is 146 Å². The number of benzene rings is 3. The fraction of sp³-hybridized carbons (Fsp3) is 0.143. The van der Waals surface area contributed by atoms with Gasteiger partial charge in [-0.2, -0.15) is 0 Å². The molecule has 0 nitrogen and oxygen atoms in total. The van der Waals surface area contributed by atoms with Gasteiger partial charge in [0, 0.05) is 21.1 Å². The molecule has 23 heavy (non-hydrogen) atoms. The molecule has 1 aliphatic rings. The molecule has 0 unspecified atom stereocenters. The van der Waals surface area contributed by atoms with E-state index in [4.69, 9.17) is 11.6 Å². The first-order chi connectivity index (χ1) is 11.3. The molecular formula is C21H17ClS. The van der Waals surface area contributed by atoms with Crippen LogP contribution in [0.3, 0.4) is 0 Å². The molecule has 0 spiro atoms. The molecule has 0 fully saturated rings. The van der Waals surface area contributed by atoms with Crippen LogP contribution in [0.1, 0.15) is 34.3 Å². The number of thioether (sulfide) groups is 1. The molecule has 114 valence electrons. The molecule has 4 rings (SSSR count). The van der Waals surface area contributed by atoms with Gasteiger partial charge in [0.2, 0.25) is 0 Å². The van der Waals surface area contributed by atoms with Crippen molar-refractivity contribution in [3.63, 3.8) is 0 Å². The Morgan fingerprint density at radius 2 is 1.43 bits per heavy atom. The first-order valence-electron chi connectivity index (χ1n) is 7.87. The summed E-state index contributed by atoms with van der Waals surface area (Å²) in [5.74, 6) is 0.453. The van der Waals surface area contributed by atoms with Crippen molar-refractivity contribution in [2.24, 2.45) is 0 Å². The van der Waals surface area contributed by atoms with Crippen molar-refractivity contribution in [1.29, 1.82) is 0 Å². The van der Waals surface area contributed by atoms with Gasteiger partial charge >= 0.3 is 0 Å². The van der Waals surface area contributed by atoms with Crippen LogP contribution in [0, 0.1) is 0 Å². The van der Waals surface area contributed by atoms with E-state index >= 15 is 0 Å². The summed E-state index contributed by atoms with van der Waals surface area (Å²) in [6.07, 6.45) is 1.12. The van der Waals surface area contributed by atoms with E-state index in [2.05, 4.69) is 66.7 Å². The minimum atomic E-state index is 0.453. The predicted octanol–water partition coefficient (Wildman–Crippen LogP) is 6.71. The average Bonchev–Trinajstić information content (AvgIpc) is 2.62. The normalized spacial score (nSPS) is 20.0. The Morgan fingerprint density at radius 1 is 0.739 bits per heavy atom. The molecule has 2 atom stereocenters. The largest absolute Gasteiger partial charge is 0.118 e. The molecule has 0 aromatic heterocycles. The minimum absolute atomic E-state index is 0.453. The lowest BCUT2D eigenvalue weighted by Crippen LogP contribution is -2.12. The van der Waals surface area contributed by atoms with Gasteiger partial charge in [-0.1, -0.05) is 72.3 Å². The zero-order valence-corrected chi connectivity index (χ0v) is 14.2. The third-order valence-electron chi connectivity index (χ3n) is 4.46. The van der Waals surface area contributed by atoms with Crippen LogP contribution in [0.2, 0.25) is 5.02 Å². The average molecular weight is 337 g/mol. The first kappa shape index (κ1) is 14.9. The number of halogens is 1. The van der Waals surface area contributed by atoms with Gasteiger partial charge < -0.3 is 0 Å². The molecule has 0 radical (unpaired) electrons. The summed E-state index contributed by atoms with van der Waals surface area (Å²) in [7, 11) is 0. The Balaban J connectivity index is 1.75. The molecule has 0 saturated heterocycles. The van der Waals surface area contributed by atoms with E-state index in [9.17, 15) is 0 Å². The van der Waals surface area contributed by atoms with E-state index in [0.717, 1.165) is 11.4 Å². The lowest BCUT2D eigenvalue weighted by Gasteiger charge is -2.31. The van der Waals surface area contributed by atoms with Gasteiger partial charge in [0.1, 0.15) is 0 Å². The second-order valence-corrected chi connectivity index (χ2v) is 7.58. The van der Waals surface area contributed by atoms with E-state index in [0.29, 0.717) is 11.2 Å². The minimum Gasteiger partial charge on any atom is -0.118 e. The summed E-state index contributed by atoms with van der Waals surface area (Å²) < 4.78 is 0. The van der Waals surface area contributed by atoms with E-state index in [1.807, 2.05) is 23.9 Å². The van der Waals surface area contributed by atoms with Crippen molar-refractivity contribution < 1.29 is 0 Å². The summed E-state index contributed by atoms with van der Waals surface area (Å²) in [5.41, 5.74) is 4.21. The fourth-order valence-electron chi connectivity index (χ4n) is 3.30. The Kier molecular flexibility index (Phi) is 4.15. The maximum absolute atomic E-state index is 6.05. The highest BCUT2D eigenvalue weighted by Crippen LogP contribution is 2.51. The van der Waals surface area contributed by atoms with E-state index in [1.165, 1.54) is 21.6 Å². The van der Waals surface area contributed by atoms with Crippen molar-refractivity contribution in [2.45, 2.75) is 22.5 Å². The molecule has 3 aromatic rings. The van der Waals surface area contributed by atoms with Crippen molar-refractivity contribution in [1.82, 2.24) is 0 Å². The number of hydrogen-bond acceptors (Lipinski definition) is 1. The quantitative estimate of drug-likeness (QED) is 0.501. The Hall–Kier alpha value is -1.70. The van der Waals surface area contributed by atoms with E-state index < -0.39 is 0 Å². The Bertz CT molecular complexity index is 796. The summed E-state index contributed by atoms with van der Waals surface area (Å²) in [6, 6.07) is 28.0. The summed E-state index contributed by atoms with van der Waals surface area (Å²) in [4.78, 5) is 1.40. The van der Waals surface area contributed by atoms with Crippen molar-refractivity contribution in [3.8, 4) is 0 Å². The molecule has 0 bridgehead atoms. The number of rotatable bonds is 2. The van der Waals surface area contributed by atoms with Crippen LogP contribution in [0.15, 0.2) is 83.8 Å². The molecule has 0 N–H and O–H groups in total. The van der Waals surface area contributed by atoms with Crippen LogP contribution in [0.5, 0.6) is 0 Å². The monoisotopic (exact) mass is 336 g/mol. The van der Waals surface area contributed by atoms with Gasteiger partial charge in [-0.05, 0) is 41.3 Å². The third kappa shape index (κ3) is 3.04. The topological polar surface area (TPSA) is 0 Å². The van der Waals surface area contributed by atoms with Gasteiger partial charge in [0.05, 0.1) is 0 Å². The van der Waals surface area contributed by atoms with Crippen LogP contribution in [0.25, 0.3) is 0 Å². The van der Waals surface area contributed by atoms with Crippen molar-refractivity contribution in [3.05, 3.63) is 101 Å². The molecule has 0 aliphatic carbocycles.